The molecule has 0 aromatic heterocycles. The van der Waals surface area contributed by atoms with Crippen LogP contribution in [0, 0.1) is 5.82 Å². The smallest absolute Gasteiger partial charge is 0.169 e. The van der Waals surface area contributed by atoms with Gasteiger partial charge in [-0.25, -0.2) is 4.39 Å². The number of methoxy groups -OCH3 is 1. The molecule has 2 aromatic rings. The van der Waals surface area contributed by atoms with E-state index >= 15 is 0 Å². The number of nitrogens with one attached hydrogen (secondary N) is 1. The normalized spacial score (nSPS) is 12.2. The van der Waals surface area contributed by atoms with E-state index in [1.54, 1.807) is 18.2 Å². The Balaban J connectivity index is 2.03. The van der Waals surface area contributed by atoms with Crippen LogP contribution in [0.15, 0.2) is 46.9 Å². The molecule has 1 atom stereocenters. The molecular formula is C16H17BrFNO. The summed E-state index contributed by atoms with van der Waals surface area (Å²) in [5.74, 6) is -0.0221. The molecule has 0 spiro atoms. The maximum absolute atomic E-state index is 14.0. The molecule has 2 nitrogen and oxygen atoms in total. The van der Waals surface area contributed by atoms with Gasteiger partial charge in [0.25, 0.3) is 0 Å². The van der Waals surface area contributed by atoms with Crippen LogP contribution in [0.25, 0.3) is 0 Å². The number of hydrogen-bond donors (Lipinski definition) is 1. The van der Waals surface area contributed by atoms with Crippen LogP contribution in [0.5, 0.6) is 5.75 Å². The van der Waals surface area contributed by atoms with Crippen LogP contribution in [0.4, 0.5) is 4.39 Å². The van der Waals surface area contributed by atoms with Crippen molar-refractivity contribution in [1.29, 1.82) is 0 Å². The average Bonchev–Trinajstić information content (AvgIpc) is 2.46. The summed E-state index contributed by atoms with van der Waals surface area (Å²) in [6.45, 7) is 2.52. The Morgan fingerprint density at radius 2 is 1.90 bits per heavy atom. The minimum atomic E-state index is -0.300. The van der Waals surface area contributed by atoms with Gasteiger partial charge >= 0.3 is 0 Å². The molecular weight excluding hydrogens is 321 g/mol. The lowest BCUT2D eigenvalue weighted by molar-refractivity contribution is 0.382. The molecule has 2 rings (SSSR count). The second-order valence-electron chi connectivity index (χ2n) is 4.59. The molecule has 0 radical (unpaired) electrons. The summed E-state index contributed by atoms with van der Waals surface area (Å²) in [4.78, 5) is 0. The highest BCUT2D eigenvalue weighted by atomic mass is 79.9. The van der Waals surface area contributed by atoms with E-state index in [9.17, 15) is 4.39 Å². The van der Waals surface area contributed by atoms with Crippen molar-refractivity contribution in [3.8, 4) is 5.75 Å². The van der Waals surface area contributed by atoms with Gasteiger partial charge in [0, 0.05) is 22.6 Å². The van der Waals surface area contributed by atoms with Crippen LogP contribution in [0.3, 0.4) is 0 Å². The molecule has 0 aliphatic rings. The number of benzene rings is 2. The SMILES string of the molecule is COc1cccc(CNC(C)c2ccc(Br)cc2)c1F. The zero-order chi connectivity index (χ0) is 14.5. The van der Waals surface area contributed by atoms with Crippen molar-refractivity contribution in [2.24, 2.45) is 0 Å². The summed E-state index contributed by atoms with van der Waals surface area (Å²) >= 11 is 3.41. The summed E-state index contributed by atoms with van der Waals surface area (Å²) in [6, 6.07) is 13.4. The van der Waals surface area contributed by atoms with Gasteiger partial charge in [-0.3, -0.25) is 0 Å². The average molecular weight is 338 g/mol. The van der Waals surface area contributed by atoms with Crippen LogP contribution in [0.2, 0.25) is 0 Å². The highest BCUT2D eigenvalue weighted by Gasteiger charge is 2.10. The lowest BCUT2D eigenvalue weighted by Gasteiger charge is -2.15. The second-order valence-corrected chi connectivity index (χ2v) is 5.50. The van der Waals surface area contributed by atoms with E-state index in [0.717, 1.165) is 10.0 Å². The first-order chi connectivity index (χ1) is 9.61. The van der Waals surface area contributed by atoms with E-state index in [2.05, 4.69) is 28.2 Å². The molecule has 0 saturated carbocycles. The minimum Gasteiger partial charge on any atom is -0.494 e. The molecule has 0 aliphatic carbocycles. The van der Waals surface area contributed by atoms with Crippen molar-refractivity contribution in [3.05, 3.63) is 63.9 Å². The predicted molar refractivity (Wildman–Crippen MR) is 82.3 cm³/mol. The van der Waals surface area contributed by atoms with Crippen LogP contribution < -0.4 is 10.1 Å². The first-order valence-corrected chi connectivity index (χ1v) is 7.21. The van der Waals surface area contributed by atoms with Crippen molar-refractivity contribution in [2.75, 3.05) is 7.11 Å². The van der Waals surface area contributed by atoms with Gasteiger partial charge in [-0.1, -0.05) is 40.2 Å². The Kier molecular flexibility index (Phi) is 5.15. The number of hydrogen-bond acceptors (Lipinski definition) is 2. The summed E-state index contributed by atoms with van der Waals surface area (Å²) in [5, 5.41) is 3.32. The van der Waals surface area contributed by atoms with E-state index in [-0.39, 0.29) is 17.6 Å². The largest absolute Gasteiger partial charge is 0.494 e. The fourth-order valence-electron chi connectivity index (χ4n) is 1.98. The maximum Gasteiger partial charge on any atom is 0.169 e. The van der Waals surface area contributed by atoms with Crippen LogP contribution >= 0.6 is 15.9 Å². The lowest BCUT2D eigenvalue weighted by Crippen LogP contribution is -2.18. The summed E-state index contributed by atoms with van der Waals surface area (Å²) < 4.78 is 20.0. The first kappa shape index (κ1) is 15.0. The standard InChI is InChI=1S/C16H17BrFNO/c1-11(12-6-8-14(17)9-7-12)19-10-13-4-3-5-15(20-2)16(13)18/h3-9,11,19H,10H2,1-2H3. The zero-order valence-corrected chi connectivity index (χ0v) is 13.1. The fraction of sp³-hybridized carbons (Fsp3) is 0.250. The van der Waals surface area contributed by atoms with Gasteiger partial charge in [0.1, 0.15) is 0 Å². The zero-order valence-electron chi connectivity index (χ0n) is 11.5. The monoisotopic (exact) mass is 337 g/mol. The maximum atomic E-state index is 14.0. The molecule has 0 heterocycles. The van der Waals surface area contributed by atoms with E-state index in [0.29, 0.717) is 12.1 Å². The summed E-state index contributed by atoms with van der Waals surface area (Å²) in [5.41, 5.74) is 1.77. The van der Waals surface area contributed by atoms with Gasteiger partial charge in [0.2, 0.25) is 0 Å². The second kappa shape index (κ2) is 6.86. The van der Waals surface area contributed by atoms with E-state index in [1.165, 1.54) is 7.11 Å². The van der Waals surface area contributed by atoms with Crippen molar-refractivity contribution in [1.82, 2.24) is 5.32 Å². The van der Waals surface area contributed by atoms with Crippen LogP contribution in [-0.2, 0) is 6.54 Å². The number of halogens is 2. The summed E-state index contributed by atoms with van der Waals surface area (Å²) in [6.07, 6.45) is 0. The Hall–Kier alpha value is -1.39. The summed E-state index contributed by atoms with van der Waals surface area (Å²) in [7, 11) is 1.47. The Morgan fingerprint density at radius 3 is 2.55 bits per heavy atom. The van der Waals surface area contributed by atoms with E-state index < -0.39 is 0 Å². The molecule has 0 fully saturated rings. The molecule has 2 aromatic carbocycles. The number of ether oxygens (including phenoxy) is 1. The molecule has 0 saturated heterocycles. The van der Waals surface area contributed by atoms with Crippen LogP contribution in [-0.4, -0.2) is 7.11 Å². The first-order valence-electron chi connectivity index (χ1n) is 6.42. The Bertz CT molecular complexity index is 571. The predicted octanol–water partition coefficient (Wildman–Crippen LogP) is 4.45. The molecule has 0 bridgehead atoms. The third-order valence-electron chi connectivity index (χ3n) is 3.23. The van der Waals surface area contributed by atoms with E-state index in [4.69, 9.17) is 4.74 Å². The fourth-order valence-corrected chi connectivity index (χ4v) is 2.25. The van der Waals surface area contributed by atoms with Gasteiger partial charge < -0.3 is 10.1 Å². The third-order valence-corrected chi connectivity index (χ3v) is 3.76. The highest BCUT2D eigenvalue weighted by molar-refractivity contribution is 9.10. The topological polar surface area (TPSA) is 21.3 Å². The molecule has 1 unspecified atom stereocenters. The van der Waals surface area contributed by atoms with Gasteiger partial charge in [0.05, 0.1) is 7.11 Å². The number of rotatable bonds is 5. The molecule has 106 valence electrons. The minimum absolute atomic E-state index is 0.147. The Labute approximate surface area is 127 Å². The van der Waals surface area contributed by atoms with Gasteiger partial charge in [-0.15, -0.1) is 0 Å². The molecule has 1 N–H and O–H groups in total. The van der Waals surface area contributed by atoms with Crippen molar-refractivity contribution in [2.45, 2.75) is 19.5 Å². The third kappa shape index (κ3) is 3.58. The van der Waals surface area contributed by atoms with Gasteiger partial charge in [-0.05, 0) is 30.7 Å². The Morgan fingerprint density at radius 1 is 1.20 bits per heavy atom. The highest BCUT2D eigenvalue weighted by Crippen LogP contribution is 2.21. The van der Waals surface area contributed by atoms with Crippen LogP contribution in [0.1, 0.15) is 24.1 Å². The van der Waals surface area contributed by atoms with Gasteiger partial charge in [0.15, 0.2) is 11.6 Å². The quantitative estimate of drug-likeness (QED) is 0.870. The molecule has 4 heteroatoms. The van der Waals surface area contributed by atoms with Crippen molar-refractivity contribution in [3.63, 3.8) is 0 Å². The lowest BCUT2D eigenvalue weighted by atomic mass is 10.1. The van der Waals surface area contributed by atoms with E-state index in [1.807, 2.05) is 24.3 Å². The molecule has 20 heavy (non-hydrogen) atoms. The molecule has 0 amide bonds. The van der Waals surface area contributed by atoms with Gasteiger partial charge in [-0.2, -0.15) is 0 Å². The molecule has 0 aliphatic heterocycles. The van der Waals surface area contributed by atoms with Crippen molar-refractivity contribution < 1.29 is 9.13 Å². The van der Waals surface area contributed by atoms with Crippen molar-refractivity contribution >= 4 is 15.9 Å².